The molecule has 0 saturated carbocycles. The third kappa shape index (κ3) is 3.07. The van der Waals surface area contributed by atoms with Crippen molar-refractivity contribution in [3.8, 4) is 5.75 Å². The third-order valence-electron chi connectivity index (χ3n) is 5.52. The first-order valence-electron chi connectivity index (χ1n) is 9.12. The predicted octanol–water partition coefficient (Wildman–Crippen LogP) is 3.73. The largest absolute Gasteiger partial charge is 0.497 e. The van der Waals surface area contributed by atoms with Crippen molar-refractivity contribution in [3.05, 3.63) is 65.4 Å². The summed E-state index contributed by atoms with van der Waals surface area (Å²) in [7, 11) is 3.59. The molecule has 0 aliphatic heterocycles. The number of aromatic amines is 1. The number of carbonyl (C=O) groups excluding carboxylic acids is 1. The van der Waals surface area contributed by atoms with Crippen LogP contribution in [0.25, 0.3) is 10.9 Å². The van der Waals surface area contributed by atoms with Crippen LogP contribution in [0.15, 0.2) is 48.5 Å². The summed E-state index contributed by atoms with van der Waals surface area (Å²) < 4.78 is 5.18. The SMILES string of the molecule is COc1ccc(CC(=O)N(C)C2CCc3[nH]c4ccccc4c3C2)cc1. The van der Waals surface area contributed by atoms with Crippen LogP contribution in [0.2, 0.25) is 0 Å². The normalized spacial score (nSPS) is 16.3. The Balaban J connectivity index is 1.48. The number of nitrogens with one attached hydrogen (secondary N) is 1. The third-order valence-corrected chi connectivity index (χ3v) is 5.52. The van der Waals surface area contributed by atoms with Crippen LogP contribution < -0.4 is 4.74 Å². The van der Waals surface area contributed by atoms with Gasteiger partial charge in [0.1, 0.15) is 5.75 Å². The number of fused-ring (bicyclic) bond motifs is 3. The molecular weight excluding hydrogens is 324 g/mol. The minimum absolute atomic E-state index is 0.170. The van der Waals surface area contributed by atoms with Crippen LogP contribution in [0.1, 0.15) is 23.2 Å². The first-order valence-corrected chi connectivity index (χ1v) is 9.12. The Morgan fingerprint density at radius 2 is 1.96 bits per heavy atom. The smallest absolute Gasteiger partial charge is 0.226 e. The summed E-state index contributed by atoms with van der Waals surface area (Å²) in [5.74, 6) is 0.983. The van der Waals surface area contributed by atoms with Gasteiger partial charge in [-0.25, -0.2) is 0 Å². The lowest BCUT2D eigenvalue weighted by Crippen LogP contribution is -2.41. The Hall–Kier alpha value is -2.75. The first kappa shape index (κ1) is 16.7. The highest BCUT2D eigenvalue weighted by Gasteiger charge is 2.27. The highest BCUT2D eigenvalue weighted by atomic mass is 16.5. The fourth-order valence-corrected chi connectivity index (χ4v) is 3.93. The molecule has 2 aromatic carbocycles. The zero-order chi connectivity index (χ0) is 18.1. The summed E-state index contributed by atoms with van der Waals surface area (Å²) in [6.45, 7) is 0. The average Bonchev–Trinajstić information content (AvgIpc) is 3.06. The Morgan fingerprint density at radius 1 is 1.19 bits per heavy atom. The number of hydrogen-bond acceptors (Lipinski definition) is 2. The van der Waals surface area contributed by atoms with Crippen molar-refractivity contribution >= 4 is 16.8 Å². The summed E-state index contributed by atoms with van der Waals surface area (Å²) in [6, 6.07) is 16.4. The Bertz CT molecular complexity index is 927. The number of nitrogens with zero attached hydrogens (tertiary/aromatic N) is 1. The van der Waals surface area contributed by atoms with Gasteiger partial charge in [-0.15, -0.1) is 0 Å². The number of aryl methyl sites for hydroxylation is 1. The van der Waals surface area contributed by atoms with E-state index in [4.69, 9.17) is 4.74 Å². The number of likely N-dealkylation sites (N-methyl/N-ethyl adjacent to an activating group) is 1. The molecular formula is C22H24N2O2. The van der Waals surface area contributed by atoms with Crippen LogP contribution in [-0.4, -0.2) is 36.0 Å². The fraction of sp³-hybridized carbons (Fsp3) is 0.318. The van der Waals surface area contributed by atoms with Crippen LogP contribution in [0.5, 0.6) is 5.75 Å². The number of amides is 1. The van der Waals surface area contributed by atoms with E-state index in [-0.39, 0.29) is 11.9 Å². The van der Waals surface area contributed by atoms with Gasteiger partial charge in [0.05, 0.1) is 13.5 Å². The molecule has 3 aromatic rings. The van der Waals surface area contributed by atoms with Gasteiger partial charge in [0.2, 0.25) is 5.91 Å². The van der Waals surface area contributed by atoms with Crippen molar-refractivity contribution in [1.29, 1.82) is 0 Å². The van der Waals surface area contributed by atoms with E-state index in [2.05, 4.69) is 29.2 Å². The number of methoxy groups -OCH3 is 1. The van der Waals surface area contributed by atoms with E-state index in [9.17, 15) is 4.79 Å². The maximum Gasteiger partial charge on any atom is 0.226 e. The standard InChI is InChI=1S/C22H24N2O2/c1-24(22(25)13-15-7-10-17(26-2)11-8-15)16-9-12-21-19(14-16)18-5-3-4-6-20(18)23-21/h3-8,10-11,16,23H,9,12-14H2,1-2H3. The van der Waals surface area contributed by atoms with Crippen molar-refractivity contribution in [2.24, 2.45) is 0 Å². The first-order chi connectivity index (χ1) is 12.7. The van der Waals surface area contributed by atoms with E-state index < -0.39 is 0 Å². The van der Waals surface area contributed by atoms with Crippen LogP contribution in [0, 0.1) is 0 Å². The maximum absolute atomic E-state index is 12.8. The molecule has 1 amide bonds. The zero-order valence-corrected chi connectivity index (χ0v) is 15.3. The van der Waals surface area contributed by atoms with E-state index in [1.54, 1.807) is 7.11 Å². The number of ether oxygens (including phenoxy) is 1. The molecule has 26 heavy (non-hydrogen) atoms. The number of carbonyl (C=O) groups is 1. The summed E-state index contributed by atoms with van der Waals surface area (Å²) in [5.41, 5.74) is 4.93. The number of benzene rings is 2. The molecule has 1 aliphatic carbocycles. The summed E-state index contributed by atoms with van der Waals surface area (Å²) in [4.78, 5) is 18.2. The van der Waals surface area contributed by atoms with Gasteiger partial charge in [-0.3, -0.25) is 4.79 Å². The molecule has 4 heteroatoms. The molecule has 1 unspecified atom stereocenters. The molecule has 0 fully saturated rings. The second kappa shape index (κ2) is 6.87. The zero-order valence-electron chi connectivity index (χ0n) is 15.3. The minimum Gasteiger partial charge on any atom is -0.497 e. The van der Waals surface area contributed by atoms with E-state index >= 15 is 0 Å². The minimum atomic E-state index is 0.170. The molecule has 0 bridgehead atoms. The second-order valence-corrected chi connectivity index (χ2v) is 7.05. The molecule has 1 atom stereocenters. The number of para-hydroxylation sites is 1. The Morgan fingerprint density at radius 3 is 2.73 bits per heavy atom. The molecule has 1 N–H and O–H groups in total. The van der Waals surface area contributed by atoms with Crippen LogP contribution >= 0.6 is 0 Å². The van der Waals surface area contributed by atoms with E-state index in [1.165, 1.54) is 22.2 Å². The fourth-order valence-electron chi connectivity index (χ4n) is 3.93. The van der Waals surface area contributed by atoms with Gasteiger partial charge in [-0.1, -0.05) is 30.3 Å². The van der Waals surface area contributed by atoms with Crippen LogP contribution in [0.3, 0.4) is 0 Å². The van der Waals surface area contributed by atoms with Crippen molar-refractivity contribution in [3.63, 3.8) is 0 Å². The highest BCUT2D eigenvalue weighted by Crippen LogP contribution is 2.30. The van der Waals surface area contributed by atoms with Gasteiger partial charge < -0.3 is 14.6 Å². The van der Waals surface area contributed by atoms with Crippen molar-refractivity contribution in [1.82, 2.24) is 9.88 Å². The topological polar surface area (TPSA) is 45.3 Å². The summed E-state index contributed by atoms with van der Waals surface area (Å²) >= 11 is 0. The quantitative estimate of drug-likeness (QED) is 0.781. The molecule has 1 aliphatic rings. The molecule has 0 radical (unpaired) electrons. The Kier molecular flexibility index (Phi) is 4.41. The molecule has 0 spiro atoms. The van der Waals surface area contributed by atoms with Gasteiger partial charge in [0.25, 0.3) is 0 Å². The van der Waals surface area contributed by atoms with E-state index in [0.717, 1.165) is 30.6 Å². The molecule has 134 valence electrons. The van der Waals surface area contributed by atoms with Gasteiger partial charge >= 0.3 is 0 Å². The summed E-state index contributed by atoms with van der Waals surface area (Å²) in [5, 5.41) is 1.29. The van der Waals surface area contributed by atoms with Gasteiger partial charge in [-0.2, -0.15) is 0 Å². The van der Waals surface area contributed by atoms with Gasteiger partial charge in [-0.05, 0) is 48.6 Å². The lowest BCUT2D eigenvalue weighted by Gasteiger charge is -2.31. The van der Waals surface area contributed by atoms with Gasteiger partial charge in [0, 0.05) is 29.7 Å². The summed E-state index contributed by atoms with van der Waals surface area (Å²) in [6.07, 6.45) is 3.35. The van der Waals surface area contributed by atoms with Crippen molar-refractivity contribution in [2.45, 2.75) is 31.7 Å². The molecule has 1 aromatic heterocycles. The average molecular weight is 348 g/mol. The van der Waals surface area contributed by atoms with Crippen molar-refractivity contribution in [2.75, 3.05) is 14.2 Å². The van der Waals surface area contributed by atoms with E-state index in [1.807, 2.05) is 36.2 Å². The van der Waals surface area contributed by atoms with E-state index in [0.29, 0.717) is 6.42 Å². The molecule has 0 saturated heterocycles. The number of aromatic nitrogens is 1. The van der Waals surface area contributed by atoms with Crippen molar-refractivity contribution < 1.29 is 9.53 Å². The number of hydrogen-bond donors (Lipinski definition) is 1. The molecule has 4 nitrogen and oxygen atoms in total. The number of rotatable bonds is 4. The lowest BCUT2D eigenvalue weighted by molar-refractivity contribution is -0.131. The monoisotopic (exact) mass is 348 g/mol. The maximum atomic E-state index is 12.8. The second-order valence-electron chi connectivity index (χ2n) is 7.05. The van der Waals surface area contributed by atoms with Gasteiger partial charge in [0.15, 0.2) is 0 Å². The highest BCUT2D eigenvalue weighted by molar-refractivity contribution is 5.85. The van der Waals surface area contributed by atoms with Crippen LogP contribution in [-0.2, 0) is 24.1 Å². The predicted molar refractivity (Wildman–Crippen MR) is 104 cm³/mol. The Labute approximate surface area is 153 Å². The lowest BCUT2D eigenvalue weighted by atomic mass is 9.90. The molecule has 4 rings (SSSR count). The number of H-pyrrole nitrogens is 1. The van der Waals surface area contributed by atoms with Crippen LogP contribution in [0.4, 0.5) is 0 Å². The molecule has 1 heterocycles.